The summed E-state index contributed by atoms with van der Waals surface area (Å²) in [7, 11) is 3.92. The summed E-state index contributed by atoms with van der Waals surface area (Å²) in [4.78, 5) is 15.8. The Morgan fingerprint density at radius 1 is 1.08 bits per heavy atom. The van der Waals surface area contributed by atoms with E-state index in [-0.39, 0.29) is 24.8 Å². The third kappa shape index (κ3) is 6.88. The molecule has 4 heterocycles. The highest BCUT2D eigenvalue weighted by Gasteiger charge is 2.17. The molecule has 9 nitrogen and oxygen atoms in total. The number of hydrogen-bond donors (Lipinski definition) is 0. The summed E-state index contributed by atoms with van der Waals surface area (Å²) in [5, 5.41) is 7.58. The van der Waals surface area contributed by atoms with Gasteiger partial charge in [0, 0.05) is 74.2 Å². The fourth-order valence-corrected chi connectivity index (χ4v) is 4.06. The van der Waals surface area contributed by atoms with Gasteiger partial charge in [-0.3, -0.25) is 9.99 Å². The van der Waals surface area contributed by atoms with Crippen molar-refractivity contribution in [3.63, 3.8) is 0 Å². The van der Waals surface area contributed by atoms with Crippen LogP contribution in [0.1, 0.15) is 11.3 Å². The van der Waals surface area contributed by atoms with Gasteiger partial charge in [-0.25, -0.2) is 0 Å². The van der Waals surface area contributed by atoms with Crippen molar-refractivity contribution in [1.29, 1.82) is 0 Å². The van der Waals surface area contributed by atoms with Crippen LogP contribution in [0.15, 0.2) is 66.0 Å². The lowest BCUT2D eigenvalue weighted by molar-refractivity contribution is -0.001000. The topological polar surface area (TPSA) is 80.9 Å². The molecule has 1 aliphatic rings. The van der Waals surface area contributed by atoms with Crippen LogP contribution in [0.2, 0.25) is 0 Å². The van der Waals surface area contributed by atoms with Gasteiger partial charge in [0.15, 0.2) is 5.82 Å². The van der Waals surface area contributed by atoms with E-state index in [0.29, 0.717) is 38.1 Å². The predicted octanol–water partition coefficient (Wildman–Crippen LogP) is -2.70. The van der Waals surface area contributed by atoms with E-state index in [2.05, 4.69) is 47.8 Å². The normalized spacial score (nSPS) is 13.3. The Balaban J connectivity index is 0.00000190. The molecule has 0 bridgehead atoms. The first-order chi connectivity index (χ1) is 17.2. The number of nitrogens with zero attached hydrogens (tertiary/aromatic N) is 7. The molecule has 1 aromatic carbocycles. The van der Waals surface area contributed by atoms with Crippen LogP contribution in [0.3, 0.4) is 0 Å². The third-order valence-corrected chi connectivity index (χ3v) is 5.96. The number of benzene rings is 1. The van der Waals surface area contributed by atoms with Gasteiger partial charge in [0.05, 0.1) is 26.0 Å². The lowest BCUT2D eigenvalue weighted by Crippen LogP contribution is -3.00. The maximum Gasteiger partial charge on any atom is 0.320 e. The van der Waals surface area contributed by atoms with E-state index in [1.807, 2.05) is 56.7 Å². The zero-order valence-electron chi connectivity index (χ0n) is 20.8. The van der Waals surface area contributed by atoms with Gasteiger partial charge in [-0.2, -0.15) is 15.1 Å². The second-order valence-electron chi connectivity index (χ2n) is 8.37. The summed E-state index contributed by atoms with van der Waals surface area (Å²) in [5.41, 5.74) is 3.18. The minimum Gasteiger partial charge on any atom is -1.00 e. The van der Waals surface area contributed by atoms with E-state index in [1.165, 1.54) is 0 Å². The molecule has 196 valence electrons. The summed E-state index contributed by atoms with van der Waals surface area (Å²) < 4.78 is 13.6. The number of pyridine rings is 1. The lowest BCUT2D eigenvalue weighted by Gasteiger charge is -2.28. The smallest absolute Gasteiger partial charge is 0.320 e. The van der Waals surface area contributed by atoms with Crippen molar-refractivity contribution in [2.24, 2.45) is 12.1 Å². The highest BCUT2D eigenvalue weighted by atomic mass is 35.5. The predicted molar refractivity (Wildman–Crippen MR) is 137 cm³/mol. The second kappa shape index (κ2) is 13.2. The molecule has 37 heavy (non-hydrogen) atoms. The summed E-state index contributed by atoms with van der Waals surface area (Å²) in [5.74, 6) is 1.46. The Morgan fingerprint density at radius 3 is 2.65 bits per heavy atom. The third-order valence-electron chi connectivity index (χ3n) is 5.96. The van der Waals surface area contributed by atoms with Crippen LogP contribution in [-0.2, 0) is 18.2 Å². The van der Waals surface area contributed by atoms with Gasteiger partial charge in [-0.05, 0) is 18.2 Å². The summed E-state index contributed by atoms with van der Waals surface area (Å²) in [6.07, 6.45) is 6.40. The Bertz CT molecular complexity index is 1310. The number of morpholine rings is 1. The van der Waals surface area contributed by atoms with Crippen molar-refractivity contribution in [3.8, 4) is 6.01 Å². The zero-order valence-corrected chi connectivity index (χ0v) is 22.3. The van der Waals surface area contributed by atoms with Gasteiger partial charge in [-0.15, -0.1) is 0 Å². The highest BCUT2D eigenvalue weighted by Crippen LogP contribution is 2.24. The van der Waals surface area contributed by atoms with Crippen LogP contribution in [0.25, 0.3) is 10.9 Å². The molecular weight excluding hydrogens is 513 g/mol. The molecule has 1 fully saturated rings. The maximum atomic E-state index is 5.95. The van der Waals surface area contributed by atoms with Crippen molar-refractivity contribution < 1.29 is 34.3 Å². The number of ether oxygens (including phenoxy) is 2. The van der Waals surface area contributed by atoms with E-state index in [0.717, 1.165) is 41.1 Å². The summed E-state index contributed by atoms with van der Waals surface area (Å²) in [6, 6.07) is 16.4. The van der Waals surface area contributed by atoms with E-state index in [1.54, 1.807) is 11.2 Å². The number of halogens is 2. The first-order valence-electron chi connectivity index (χ1n) is 11.7. The SMILES string of the molecule is CN(/N=C/c1cn(C)c2ccccc12)c1cc(N2CCOCC2)nc(OCCc2ccccn2)n1.[Cl-].[Cl-]. The fraction of sp³-hybridized carbons (Fsp3) is 0.308. The average molecular weight is 542 g/mol. The Morgan fingerprint density at radius 2 is 1.86 bits per heavy atom. The van der Waals surface area contributed by atoms with Gasteiger partial charge < -0.3 is 43.8 Å². The molecular formula is C26H29Cl2N7O2-2. The molecule has 5 rings (SSSR count). The molecule has 0 saturated carbocycles. The molecule has 4 aromatic rings. The monoisotopic (exact) mass is 541 g/mol. The van der Waals surface area contributed by atoms with Gasteiger partial charge in [0.1, 0.15) is 5.82 Å². The van der Waals surface area contributed by atoms with E-state index >= 15 is 0 Å². The zero-order chi connectivity index (χ0) is 24.0. The van der Waals surface area contributed by atoms with Crippen LogP contribution >= 0.6 is 0 Å². The molecule has 0 atom stereocenters. The number of anilines is 2. The average Bonchev–Trinajstić information content (AvgIpc) is 3.23. The van der Waals surface area contributed by atoms with Crippen LogP contribution in [0.5, 0.6) is 6.01 Å². The molecule has 0 aliphatic carbocycles. The molecule has 0 N–H and O–H groups in total. The molecule has 1 saturated heterocycles. The quantitative estimate of drug-likeness (QED) is 0.177. The molecule has 0 unspecified atom stereocenters. The van der Waals surface area contributed by atoms with E-state index in [9.17, 15) is 0 Å². The van der Waals surface area contributed by atoms with Crippen molar-refractivity contribution in [3.05, 3.63) is 72.2 Å². The van der Waals surface area contributed by atoms with Gasteiger partial charge >= 0.3 is 6.01 Å². The second-order valence-corrected chi connectivity index (χ2v) is 8.37. The van der Waals surface area contributed by atoms with E-state index in [4.69, 9.17) is 9.47 Å². The van der Waals surface area contributed by atoms with Crippen LogP contribution < -0.4 is 39.5 Å². The Labute approximate surface area is 229 Å². The van der Waals surface area contributed by atoms with Crippen LogP contribution in [-0.4, -0.2) is 65.7 Å². The highest BCUT2D eigenvalue weighted by molar-refractivity contribution is 5.99. The molecule has 3 aromatic heterocycles. The Kier molecular flexibility index (Phi) is 10.1. The molecule has 1 aliphatic heterocycles. The minimum absolute atomic E-state index is 0. The number of hydrogen-bond acceptors (Lipinski definition) is 8. The fourth-order valence-electron chi connectivity index (χ4n) is 4.06. The first kappa shape index (κ1) is 28.2. The molecule has 0 amide bonds. The lowest BCUT2D eigenvalue weighted by atomic mass is 10.2. The van der Waals surface area contributed by atoms with Crippen molar-refractivity contribution in [2.75, 3.05) is 49.9 Å². The maximum absolute atomic E-state index is 5.95. The summed E-state index contributed by atoms with van der Waals surface area (Å²) >= 11 is 0. The molecule has 0 radical (unpaired) electrons. The van der Waals surface area contributed by atoms with E-state index < -0.39 is 0 Å². The van der Waals surface area contributed by atoms with Crippen LogP contribution in [0, 0.1) is 0 Å². The first-order valence-corrected chi connectivity index (χ1v) is 11.7. The molecule has 0 spiro atoms. The number of aromatic nitrogens is 4. The molecule has 11 heteroatoms. The largest absolute Gasteiger partial charge is 1.00 e. The minimum atomic E-state index is 0. The van der Waals surface area contributed by atoms with Crippen molar-refractivity contribution in [1.82, 2.24) is 19.5 Å². The number of aryl methyl sites for hydroxylation is 1. The number of rotatable bonds is 8. The van der Waals surface area contributed by atoms with Crippen molar-refractivity contribution >= 4 is 28.8 Å². The number of fused-ring (bicyclic) bond motifs is 1. The number of para-hydroxylation sites is 1. The number of hydrazone groups is 1. The van der Waals surface area contributed by atoms with Gasteiger partial charge in [-0.1, -0.05) is 24.3 Å². The van der Waals surface area contributed by atoms with Gasteiger partial charge in [0.25, 0.3) is 0 Å². The van der Waals surface area contributed by atoms with Gasteiger partial charge in [0.2, 0.25) is 0 Å². The van der Waals surface area contributed by atoms with Crippen LogP contribution in [0.4, 0.5) is 11.6 Å². The standard InChI is InChI=1S/C26H29N7O2.2ClH/c1-31-19-20(22-8-3-4-9-23(22)31)18-28-32(2)24-17-25(33-12-15-34-16-13-33)30-26(29-24)35-14-10-21-7-5-6-11-27-21;;/h3-9,11,17-19H,10,12-16H2,1-2H3;2*1H/p-2/b28-18+;;. The van der Waals surface area contributed by atoms with Crippen molar-refractivity contribution in [2.45, 2.75) is 6.42 Å². The Hall–Kier alpha value is -3.40. The summed E-state index contributed by atoms with van der Waals surface area (Å²) in [6.45, 7) is 3.32.